The van der Waals surface area contributed by atoms with Crippen LogP contribution in [-0.4, -0.2) is 29.3 Å². The lowest BCUT2D eigenvalue weighted by molar-refractivity contribution is 0.0947. The summed E-state index contributed by atoms with van der Waals surface area (Å²) in [6, 6.07) is 10.2. The minimum atomic E-state index is -1.15. The maximum atomic E-state index is 14.0. The second kappa shape index (κ2) is 10.9. The number of carbonyl (C=O) groups is 1. The first-order valence-corrected chi connectivity index (χ1v) is 11.6. The maximum Gasteiger partial charge on any atom is 0.257 e. The van der Waals surface area contributed by atoms with Gasteiger partial charge in [0.05, 0.1) is 17.8 Å². The number of carbonyl (C=O) groups excluding carboxylic acids is 1. The van der Waals surface area contributed by atoms with E-state index in [1.165, 1.54) is 10.9 Å². The van der Waals surface area contributed by atoms with Gasteiger partial charge in [-0.3, -0.25) is 14.3 Å². The molecule has 1 saturated heterocycles. The van der Waals surface area contributed by atoms with Crippen molar-refractivity contribution < 1.29 is 27.4 Å². The molecule has 4 rings (SSSR count). The molecule has 194 valence electrons. The molecule has 1 aromatic heterocycles. The van der Waals surface area contributed by atoms with Gasteiger partial charge >= 0.3 is 0 Å². The first-order valence-electron chi connectivity index (χ1n) is 11.6. The fourth-order valence-electron chi connectivity index (χ4n) is 3.98. The van der Waals surface area contributed by atoms with Crippen LogP contribution < -0.4 is 20.9 Å². The normalized spacial score (nSPS) is 16.9. The third-order valence-corrected chi connectivity index (χ3v) is 6.19. The number of nitrogens with one attached hydrogen (secondary N) is 2. The molecule has 1 fully saturated rings. The van der Waals surface area contributed by atoms with Crippen LogP contribution in [0, 0.1) is 24.4 Å². The summed E-state index contributed by atoms with van der Waals surface area (Å²) in [5.41, 5.74) is 2.27. The van der Waals surface area contributed by atoms with Gasteiger partial charge in [0.1, 0.15) is 29.6 Å². The molecule has 1 aliphatic heterocycles. The van der Waals surface area contributed by atoms with Crippen molar-refractivity contribution in [2.75, 3.05) is 18.6 Å². The van der Waals surface area contributed by atoms with Gasteiger partial charge in [-0.25, -0.2) is 13.2 Å². The Hall–Kier alpha value is -4.05. The lowest BCUT2D eigenvalue weighted by atomic mass is 10.0. The molecule has 1 unspecified atom stereocenters. The molecular weight excluding hydrogens is 487 g/mol. The van der Waals surface area contributed by atoms with Crippen molar-refractivity contribution in [2.24, 2.45) is 0 Å². The lowest BCUT2D eigenvalue weighted by Gasteiger charge is -2.29. The van der Waals surface area contributed by atoms with Gasteiger partial charge in [0, 0.05) is 43.5 Å². The number of aromatic nitrogens is 1. The maximum absolute atomic E-state index is 14.0. The van der Waals surface area contributed by atoms with Gasteiger partial charge in [0.25, 0.3) is 5.91 Å². The number of amides is 1. The summed E-state index contributed by atoms with van der Waals surface area (Å²) in [6.07, 6.45) is 3.60. The number of benzene rings is 2. The number of pyridine rings is 1. The Kier molecular flexibility index (Phi) is 7.68. The van der Waals surface area contributed by atoms with E-state index in [4.69, 9.17) is 9.47 Å². The largest absolute Gasteiger partial charge is 0.483 e. The van der Waals surface area contributed by atoms with Crippen molar-refractivity contribution in [3.8, 4) is 5.75 Å². The van der Waals surface area contributed by atoms with Gasteiger partial charge in [-0.2, -0.15) is 0 Å². The van der Waals surface area contributed by atoms with Gasteiger partial charge in [-0.05, 0) is 12.5 Å². The topological polar surface area (TPSA) is 81.6 Å². The number of halogens is 3. The third-order valence-electron chi connectivity index (χ3n) is 6.19. The molecule has 2 aromatic carbocycles. The molecule has 1 atom stereocenters. The van der Waals surface area contributed by atoms with Crippen molar-refractivity contribution in [1.82, 2.24) is 9.99 Å². The van der Waals surface area contributed by atoms with Crippen LogP contribution in [0.25, 0.3) is 0 Å². The third kappa shape index (κ3) is 5.69. The predicted molar refractivity (Wildman–Crippen MR) is 131 cm³/mol. The van der Waals surface area contributed by atoms with Gasteiger partial charge in [-0.15, -0.1) is 6.58 Å². The lowest BCUT2D eigenvalue weighted by Crippen LogP contribution is -2.43. The zero-order valence-corrected chi connectivity index (χ0v) is 20.2. The van der Waals surface area contributed by atoms with Crippen LogP contribution in [0.4, 0.5) is 13.2 Å². The van der Waals surface area contributed by atoms with Crippen molar-refractivity contribution in [3.05, 3.63) is 111 Å². The Morgan fingerprint density at radius 1 is 1.22 bits per heavy atom. The van der Waals surface area contributed by atoms with Gasteiger partial charge in [0.2, 0.25) is 5.43 Å². The Morgan fingerprint density at radius 2 is 1.92 bits per heavy atom. The number of nitrogens with zero attached hydrogens (tertiary/aromatic N) is 1. The van der Waals surface area contributed by atoms with E-state index >= 15 is 0 Å². The Morgan fingerprint density at radius 3 is 2.54 bits per heavy atom. The van der Waals surface area contributed by atoms with Gasteiger partial charge in [0.15, 0.2) is 5.75 Å². The molecule has 37 heavy (non-hydrogen) atoms. The summed E-state index contributed by atoms with van der Waals surface area (Å²) < 4.78 is 54.2. The zero-order chi connectivity index (χ0) is 26.6. The molecule has 3 aromatic rings. The number of ether oxygens (including phenoxy) is 2. The Bertz CT molecular complexity index is 1350. The summed E-state index contributed by atoms with van der Waals surface area (Å²) in [5, 5.41) is 2.34. The predicted octanol–water partition coefficient (Wildman–Crippen LogP) is 3.97. The summed E-state index contributed by atoms with van der Waals surface area (Å²) >= 11 is 0. The summed E-state index contributed by atoms with van der Waals surface area (Å²) in [6.45, 7) is 5.84. The van der Waals surface area contributed by atoms with E-state index in [1.54, 1.807) is 13.0 Å². The van der Waals surface area contributed by atoms with E-state index < -0.39 is 46.4 Å². The van der Waals surface area contributed by atoms with E-state index in [0.29, 0.717) is 37.5 Å². The summed E-state index contributed by atoms with van der Waals surface area (Å²) in [4.78, 5) is 26.3. The highest BCUT2D eigenvalue weighted by molar-refractivity contribution is 5.94. The van der Waals surface area contributed by atoms with E-state index in [-0.39, 0.29) is 17.9 Å². The van der Waals surface area contributed by atoms with Crippen LogP contribution >= 0.6 is 0 Å². The van der Waals surface area contributed by atoms with E-state index in [0.717, 1.165) is 5.56 Å². The monoisotopic (exact) mass is 513 g/mol. The molecular formula is C27H26F3N3O4. The SMILES string of the molecule is C=CC1(Nn2cc(C(=O)NCc3c(F)cc(F)cc3F)c(=O)c(OCc3ccccc3)c2C)CCOC1. The average Bonchev–Trinajstić information content (AvgIpc) is 3.34. The van der Waals surface area contributed by atoms with Crippen LogP contribution in [0.5, 0.6) is 5.75 Å². The Labute approximate surface area is 211 Å². The quantitative estimate of drug-likeness (QED) is 0.424. The average molecular weight is 514 g/mol. The van der Waals surface area contributed by atoms with Crippen LogP contribution in [0.1, 0.15) is 33.6 Å². The first-order chi connectivity index (χ1) is 17.7. The molecule has 1 aliphatic rings. The van der Waals surface area contributed by atoms with E-state index in [2.05, 4.69) is 17.3 Å². The van der Waals surface area contributed by atoms with Crippen molar-refractivity contribution in [3.63, 3.8) is 0 Å². The van der Waals surface area contributed by atoms with Crippen molar-refractivity contribution >= 4 is 5.91 Å². The highest BCUT2D eigenvalue weighted by atomic mass is 19.1. The minimum Gasteiger partial charge on any atom is -0.483 e. The smallest absolute Gasteiger partial charge is 0.257 e. The molecule has 0 spiro atoms. The van der Waals surface area contributed by atoms with Gasteiger partial charge < -0.3 is 20.2 Å². The highest BCUT2D eigenvalue weighted by Gasteiger charge is 2.33. The van der Waals surface area contributed by atoms with Crippen LogP contribution in [0.15, 0.2) is 66.1 Å². The molecule has 2 N–H and O–H groups in total. The van der Waals surface area contributed by atoms with E-state index in [9.17, 15) is 22.8 Å². The highest BCUT2D eigenvalue weighted by Crippen LogP contribution is 2.23. The molecule has 1 amide bonds. The zero-order valence-electron chi connectivity index (χ0n) is 20.2. The first kappa shape index (κ1) is 26.0. The second-order valence-corrected chi connectivity index (χ2v) is 8.74. The molecule has 10 heteroatoms. The number of hydrogen-bond donors (Lipinski definition) is 2. The molecule has 0 aliphatic carbocycles. The standard InChI is InChI=1S/C27H26F3N3O4/c1-3-27(9-10-36-16-27)32-33-14-21(26(35)31-13-20-22(29)11-19(28)12-23(20)30)24(34)25(17(33)2)37-15-18-7-5-4-6-8-18/h3-8,11-12,14,32H,1,9-10,13,15-16H2,2H3,(H,31,35). The number of rotatable bonds is 9. The Balaban J connectivity index is 1.67. The van der Waals surface area contributed by atoms with E-state index in [1.807, 2.05) is 30.3 Å². The molecule has 7 nitrogen and oxygen atoms in total. The van der Waals surface area contributed by atoms with Crippen molar-refractivity contribution in [2.45, 2.75) is 32.0 Å². The summed E-state index contributed by atoms with van der Waals surface area (Å²) in [5.74, 6) is -4.33. The van der Waals surface area contributed by atoms with Crippen LogP contribution in [0.2, 0.25) is 0 Å². The number of hydrogen-bond acceptors (Lipinski definition) is 5. The minimum absolute atomic E-state index is 0.0683. The molecule has 2 heterocycles. The van der Waals surface area contributed by atoms with Gasteiger partial charge in [-0.1, -0.05) is 36.4 Å². The van der Waals surface area contributed by atoms with Crippen LogP contribution in [-0.2, 0) is 17.9 Å². The van der Waals surface area contributed by atoms with Crippen molar-refractivity contribution in [1.29, 1.82) is 0 Å². The second-order valence-electron chi connectivity index (χ2n) is 8.74. The molecule has 0 radical (unpaired) electrons. The molecule has 0 saturated carbocycles. The summed E-state index contributed by atoms with van der Waals surface area (Å²) in [7, 11) is 0. The fraction of sp³-hybridized carbons (Fsp3) is 0.259. The molecule has 0 bridgehead atoms. The van der Waals surface area contributed by atoms with Crippen LogP contribution in [0.3, 0.4) is 0 Å². The fourth-order valence-corrected chi connectivity index (χ4v) is 3.98.